The molecule has 1 amide bonds. The maximum absolute atomic E-state index is 11.8. The molecular formula is C14H17N3O. The van der Waals surface area contributed by atoms with E-state index >= 15 is 0 Å². The molecule has 1 atom stereocenters. The maximum Gasteiger partial charge on any atom is 0.227 e. The summed E-state index contributed by atoms with van der Waals surface area (Å²) < 4.78 is 0. The molecule has 2 rings (SSSR count). The SMILES string of the molecule is CCC(C)C(=O)Nc1cccc(-c2ccn[nH]2)c1. The highest BCUT2D eigenvalue weighted by molar-refractivity contribution is 5.92. The fourth-order valence-corrected chi connectivity index (χ4v) is 1.63. The quantitative estimate of drug-likeness (QED) is 0.867. The van der Waals surface area contributed by atoms with Crippen molar-refractivity contribution in [2.45, 2.75) is 20.3 Å². The number of anilines is 1. The largest absolute Gasteiger partial charge is 0.326 e. The Morgan fingerprint density at radius 3 is 2.94 bits per heavy atom. The lowest BCUT2D eigenvalue weighted by Gasteiger charge is -2.10. The monoisotopic (exact) mass is 243 g/mol. The maximum atomic E-state index is 11.8. The summed E-state index contributed by atoms with van der Waals surface area (Å²) in [5, 5.41) is 9.75. The van der Waals surface area contributed by atoms with Crippen molar-refractivity contribution in [3.63, 3.8) is 0 Å². The van der Waals surface area contributed by atoms with E-state index in [1.165, 1.54) is 0 Å². The summed E-state index contributed by atoms with van der Waals surface area (Å²) >= 11 is 0. The first-order chi connectivity index (χ1) is 8.70. The molecule has 2 N–H and O–H groups in total. The molecule has 4 heteroatoms. The van der Waals surface area contributed by atoms with Crippen LogP contribution < -0.4 is 5.32 Å². The second-order valence-electron chi connectivity index (χ2n) is 4.35. The number of carbonyl (C=O) groups excluding carboxylic acids is 1. The van der Waals surface area contributed by atoms with E-state index in [-0.39, 0.29) is 11.8 Å². The van der Waals surface area contributed by atoms with Gasteiger partial charge in [0.1, 0.15) is 0 Å². The summed E-state index contributed by atoms with van der Waals surface area (Å²) in [6, 6.07) is 9.62. The molecule has 94 valence electrons. The molecule has 4 nitrogen and oxygen atoms in total. The van der Waals surface area contributed by atoms with Gasteiger partial charge in [0.25, 0.3) is 0 Å². The van der Waals surface area contributed by atoms with Gasteiger partial charge in [0, 0.05) is 23.4 Å². The van der Waals surface area contributed by atoms with E-state index in [1.807, 2.05) is 44.2 Å². The normalized spacial score (nSPS) is 12.1. The second-order valence-corrected chi connectivity index (χ2v) is 4.35. The third-order valence-corrected chi connectivity index (χ3v) is 3.00. The zero-order valence-electron chi connectivity index (χ0n) is 10.6. The Bertz CT molecular complexity index is 520. The average molecular weight is 243 g/mol. The van der Waals surface area contributed by atoms with Crippen molar-refractivity contribution in [2.75, 3.05) is 5.32 Å². The van der Waals surface area contributed by atoms with Crippen LogP contribution in [0, 0.1) is 5.92 Å². The van der Waals surface area contributed by atoms with Crippen LogP contribution in [0.5, 0.6) is 0 Å². The predicted molar refractivity (Wildman–Crippen MR) is 72.1 cm³/mol. The lowest BCUT2D eigenvalue weighted by molar-refractivity contribution is -0.119. The van der Waals surface area contributed by atoms with Crippen LogP contribution in [0.3, 0.4) is 0 Å². The predicted octanol–water partition coefficient (Wildman–Crippen LogP) is 3.06. The number of hydrogen-bond donors (Lipinski definition) is 2. The zero-order valence-corrected chi connectivity index (χ0v) is 10.6. The average Bonchev–Trinajstić information content (AvgIpc) is 2.92. The van der Waals surface area contributed by atoms with Gasteiger partial charge < -0.3 is 5.32 Å². The minimum atomic E-state index is 0.0285. The first kappa shape index (κ1) is 12.4. The summed E-state index contributed by atoms with van der Waals surface area (Å²) in [7, 11) is 0. The van der Waals surface area contributed by atoms with Crippen LogP contribution in [0.4, 0.5) is 5.69 Å². The van der Waals surface area contributed by atoms with Gasteiger partial charge in [-0.2, -0.15) is 5.10 Å². The van der Waals surface area contributed by atoms with Gasteiger partial charge in [0.05, 0.1) is 5.69 Å². The molecule has 0 aliphatic carbocycles. The van der Waals surface area contributed by atoms with Gasteiger partial charge in [-0.1, -0.05) is 26.0 Å². The molecule has 0 fully saturated rings. The number of nitrogens with one attached hydrogen (secondary N) is 2. The number of amides is 1. The molecule has 0 radical (unpaired) electrons. The lowest BCUT2D eigenvalue weighted by atomic mass is 10.1. The van der Waals surface area contributed by atoms with E-state index in [1.54, 1.807) is 6.20 Å². The fourth-order valence-electron chi connectivity index (χ4n) is 1.63. The zero-order chi connectivity index (χ0) is 13.0. The minimum Gasteiger partial charge on any atom is -0.326 e. The number of aromatic nitrogens is 2. The highest BCUT2D eigenvalue weighted by atomic mass is 16.1. The molecule has 2 aromatic rings. The standard InChI is InChI=1S/C14H17N3O/c1-3-10(2)14(18)16-12-6-4-5-11(9-12)13-7-8-15-17-13/h4-10H,3H2,1-2H3,(H,15,17)(H,16,18). The van der Waals surface area contributed by atoms with Crippen LogP contribution in [-0.2, 0) is 4.79 Å². The van der Waals surface area contributed by atoms with E-state index in [4.69, 9.17) is 0 Å². The van der Waals surface area contributed by atoms with Gasteiger partial charge in [0.15, 0.2) is 0 Å². The third-order valence-electron chi connectivity index (χ3n) is 3.00. The summed E-state index contributed by atoms with van der Waals surface area (Å²) in [6.45, 7) is 3.93. The van der Waals surface area contributed by atoms with Gasteiger partial charge in [-0.05, 0) is 24.6 Å². The Morgan fingerprint density at radius 1 is 1.44 bits per heavy atom. The Balaban J connectivity index is 2.16. The van der Waals surface area contributed by atoms with Gasteiger partial charge >= 0.3 is 0 Å². The smallest absolute Gasteiger partial charge is 0.227 e. The van der Waals surface area contributed by atoms with Crippen LogP contribution in [-0.4, -0.2) is 16.1 Å². The van der Waals surface area contributed by atoms with Crippen LogP contribution in [0.1, 0.15) is 20.3 Å². The topological polar surface area (TPSA) is 57.8 Å². The molecule has 1 heterocycles. The minimum absolute atomic E-state index is 0.0285. The van der Waals surface area contributed by atoms with Gasteiger partial charge in [-0.15, -0.1) is 0 Å². The van der Waals surface area contributed by atoms with Crippen molar-refractivity contribution in [3.05, 3.63) is 36.5 Å². The summed E-state index contributed by atoms with van der Waals surface area (Å²) in [5.41, 5.74) is 2.76. The van der Waals surface area contributed by atoms with Crippen molar-refractivity contribution < 1.29 is 4.79 Å². The molecule has 0 spiro atoms. The fraction of sp³-hybridized carbons (Fsp3) is 0.286. The molecule has 0 aliphatic heterocycles. The Labute approximate surface area is 106 Å². The van der Waals surface area contributed by atoms with Crippen molar-refractivity contribution in [1.82, 2.24) is 10.2 Å². The molecule has 0 saturated carbocycles. The highest BCUT2D eigenvalue weighted by Gasteiger charge is 2.10. The van der Waals surface area contributed by atoms with Crippen molar-refractivity contribution in [2.24, 2.45) is 5.92 Å². The van der Waals surface area contributed by atoms with Crippen LogP contribution in [0.15, 0.2) is 36.5 Å². The van der Waals surface area contributed by atoms with Crippen molar-refractivity contribution in [3.8, 4) is 11.3 Å². The Kier molecular flexibility index (Phi) is 3.77. The lowest BCUT2D eigenvalue weighted by Crippen LogP contribution is -2.19. The van der Waals surface area contributed by atoms with E-state index in [2.05, 4.69) is 15.5 Å². The number of aromatic amines is 1. The van der Waals surface area contributed by atoms with Gasteiger partial charge in [-0.3, -0.25) is 9.89 Å². The highest BCUT2D eigenvalue weighted by Crippen LogP contribution is 2.20. The number of H-pyrrole nitrogens is 1. The first-order valence-corrected chi connectivity index (χ1v) is 6.11. The van der Waals surface area contributed by atoms with Crippen molar-refractivity contribution in [1.29, 1.82) is 0 Å². The molecule has 0 bridgehead atoms. The first-order valence-electron chi connectivity index (χ1n) is 6.11. The Morgan fingerprint density at radius 2 is 2.28 bits per heavy atom. The number of nitrogens with zero attached hydrogens (tertiary/aromatic N) is 1. The summed E-state index contributed by atoms with van der Waals surface area (Å²) in [5.74, 6) is 0.0834. The Hall–Kier alpha value is -2.10. The number of carbonyl (C=O) groups is 1. The number of benzene rings is 1. The molecule has 0 aliphatic rings. The van der Waals surface area contributed by atoms with E-state index in [0.29, 0.717) is 0 Å². The summed E-state index contributed by atoms with van der Waals surface area (Å²) in [6.07, 6.45) is 2.55. The summed E-state index contributed by atoms with van der Waals surface area (Å²) in [4.78, 5) is 11.8. The molecule has 1 aromatic heterocycles. The number of rotatable bonds is 4. The van der Waals surface area contributed by atoms with Crippen molar-refractivity contribution >= 4 is 11.6 Å². The molecule has 1 unspecified atom stereocenters. The third kappa shape index (κ3) is 2.77. The molecule has 18 heavy (non-hydrogen) atoms. The van der Waals surface area contributed by atoms with Gasteiger partial charge in [0.2, 0.25) is 5.91 Å². The van der Waals surface area contributed by atoms with Gasteiger partial charge in [-0.25, -0.2) is 0 Å². The van der Waals surface area contributed by atoms with E-state index < -0.39 is 0 Å². The molecule has 0 saturated heterocycles. The van der Waals surface area contributed by atoms with E-state index in [9.17, 15) is 4.79 Å². The second kappa shape index (κ2) is 5.49. The molecule has 1 aromatic carbocycles. The number of hydrogen-bond acceptors (Lipinski definition) is 2. The van der Waals surface area contributed by atoms with Crippen LogP contribution in [0.2, 0.25) is 0 Å². The molecular weight excluding hydrogens is 226 g/mol. The van der Waals surface area contributed by atoms with E-state index in [0.717, 1.165) is 23.4 Å². The van der Waals surface area contributed by atoms with Crippen LogP contribution in [0.25, 0.3) is 11.3 Å². The van der Waals surface area contributed by atoms with Crippen LogP contribution >= 0.6 is 0 Å².